The van der Waals surface area contributed by atoms with E-state index in [1.54, 1.807) is 0 Å². The zero-order chi connectivity index (χ0) is 6.69. The Morgan fingerprint density at radius 2 is 2.33 bits per heavy atom. The van der Waals surface area contributed by atoms with E-state index in [1.165, 1.54) is 6.42 Å². The van der Waals surface area contributed by atoms with Crippen LogP contribution in [0, 0.1) is 0 Å². The molecule has 0 N–H and O–H groups in total. The van der Waals surface area contributed by atoms with Gasteiger partial charge in [-0.2, -0.15) is 11.8 Å². The lowest BCUT2D eigenvalue weighted by Gasteiger charge is -2.08. The third-order valence-corrected chi connectivity index (χ3v) is 2.65. The average Bonchev–Trinajstić information content (AvgIpc) is 2.15. The SMILES string of the molecule is CC(C)SC1CCOC1. The highest BCUT2D eigenvalue weighted by atomic mass is 32.2. The summed E-state index contributed by atoms with van der Waals surface area (Å²) in [6, 6.07) is 0. The fourth-order valence-corrected chi connectivity index (χ4v) is 2.18. The number of rotatable bonds is 2. The summed E-state index contributed by atoms with van der Waals surface area (Å²) in [5, 5.41) is 1.54. The van der Waals surface area contributed by atoms with Crippen molar-refractivity contribution < 1.29 is 4.74 Å². The van der Waals surface area contributed by atoms with Crippen LogP contribution in [0.2, 0.25) is 0 Å². The Balaban J connectivity index is 2.11. The van der Waals surface area contributed by atoms with Crippen molar-refractivity contribution in [3.05, 3.63) is 0 Å². The molecule has 1 fully saturated rings. The summed E-state index contributed by atoms with van der Waals surface area (Å²) in [5.74, 6) is 0. The van der Waals surface area contributed by atoms with Gasteiger partial charge in [0.15, 0.2) is 0 Å². The van der Waals surface area contributed by atoms with Crippen LogP contribution >= 0.6 is 11.8 Å². The van der Waals surface area contributed by atoms with E-state index in [2.05, 4.69) is 13.8 Å². The van der Waals surface area contributed by atoms with Gasteiger partial charge in [-0.25, -0.2) is 0 Å². The Kier molecular flexibility index (Phi) is 2.86. The maximum atomic E-state index is 5.24. The fraction of sp³-hybridized carbons (Fsp3) is 1.00. The Labute approximate surface area is 61.2 Å². The van der Waals surface area contributed by atoms with Crippen molar-refractivity contribution in [2.24, 2.45) is 0 Å². The monoisotopic (exact) mass is 146 g/mol. The third-order valence-electron chi connectivity index (χ3n) is 1.35. The minimum atomic E-state index is 0.761. The number of hydrogen-bond donors (Lipinski definition) is 0. The summed E-state index contributed by atoms with van der Waals surface area (Å²) in [6.45, 7) is 6.43. The molecule has 1 aliphatic heterocycles. The first kappa shape index (κ1) is 7.42. The lowest BCUT2D eigenvalue weighted by atomic mass is 10.4. The minimum Gasteiger partial charge on any atom is -0.380 e. The molecule has 0 aromatic carbocycles. The standard InChI is InChI=1S/C7H14OS/c1-6(2)9-7-3-4-8-5-7/h6-7H,3-5H2,1-2H3. The Morgan fingerprint density at radius 1 is 1.56 bits per heavy atom. The smallest absolute Gasteiger partial charge is 0.0585 e. The van der Waals surface area contributed by atoms with E-state index in [4.69, 9.17) is 4.74 Å². The van der Waals surface area contributed by atoms with E-state index in [0.29, 0.717) is 0 Å². The molecule has 2 heteroatoms. The summed E-state index contributed by atoms with van der Waals surface area (Å²) >= 11 is 2.04. The molecule has 0 aromatic heterocycles. The van der Waals surface area contributed by atoms with Crippen molar-refractivity contribution in [1.82, 2.24) is 0 Å². The van der Waals surface area contributed by atoms with Crippen LogP contribution in [0.25, 0.3) is 0 Å². The Morgan fingerprint density at radius 3 is 2.78 bits per heavy atom. The molecule has 1 aliphatic rings. The van der Waals surface area contributed by atoms with Gasteiger partial charge in [-0.3, -0.25) is 0 Å². The van der Waals surface area contributed by atoms with E-state index in [-0.39, 0.29) is 0 Å². The highest BCUT2D eigenvalue weighted by Gasteiger charge is 2.16. The van der Waals surface area contributed by atoms with Crippen molar-refractivity contribution in [3.8, 4) is 0 Å². The van der Waals surface area contributed by atoms with Crippen LogP contribution in [-0.4, -0.2) is 23.7 Å². The molecule has 0 spiro atoms. The molecule has 0 aliphatic carbocycles. The van der Waals surface area contributed by atoms with E-state index < -0.39 is 0 Å². The lowest BCUT2D eigenvalue weighted by Crippen LogP contribution is -2.04. The van der Waals surface area contributed by atoms with Gasteiger partial charge in [0.05, 0.1) is 6.61 Å². The predicted octanol–water partition coefficient (Wildman–Crippen LogP) is 1.92. The molecule has 0 bridgehead atoms. The van der Waals surface area contributed by atoms with E-state index in [9.17, 15) is 0 Å². The second-order valence-electron chi connectivity index (χ2n) is 2.67. The normalized spacial score (nSPS) is 27.7. The van der Waals surface area contributed by atoms with Crippen molar-refractivity contribution in [3.63, 3.8) is 0 Å². The van der Waals surface area contributed by atoms with Gasteiger partial charge in [0, 0.05) is 11.9 Å². The molecule has 54 valence electrons. The molecule has 0 aromatic rings. The molecule has 1 nitrogen and oxygen atoms in total. The molecule has 0 saturated carbocycles. The first-order valence-corrected chi connectivity index (χ1v) is 4.46. The molecule has 1 heterocycles. The first-order chi connectivity index (χ1) is 4.29. The van der Waals surface area contributed by atoms with Crippen LogP contribution in [0.5, 0.6) is 0 Å². The van der Waals surface area contributed by atoms with Gasteiger partial charge in [-0.05, 0) is 11.7 Å². The summed E-state index contributed by atoms with van der Waals surface area (Å²) in [5.41, 5.74) is 0. The Hall–Kier alpha value is 0.310. The quantitative estimate of drug-likeness (QED) is 0.588. The molecule has 1 unspecified atom stereocenters. The van der Waals surface area contributed by atoms with Gasteiger partial charge in [0.2, 0.25) is 0 Å². The molecule has 1 saturated heterocycles. The van der Waals surface area contributed by atoms with Gasteiger partial charge in [0.1, 0.15) is 0 Å². The summed E-state index contributed by atoms with van der Waals surface area (Å²) in [6.07, 6.45) is 1.25. The third kappa shape index (κ3) is 2.59. The van der Waals surface area contributed by atoms with Crippen LogP contribution in [-0.2, 0) is 4.74 Å². The molecule has 0 radical (unpaired) electrons. The number of thioether (sulfide) groups is 1. The largest absolute Gasteiger partial charge is 0.380 e. The second-order valence-corrected chi connectivity index (χ2v) is 4.55. The van der Waals surface area contributed by atoms with Gasteiger partial charge in [0.25, 0.3) is 0 Å². The van der Waals surface area contributed by atoms with Crippen LogP contribution in [0.1, 0.15) is 20.3 Å². The lowest BCUT2D eigenvalue weighted by molar-refractivity contribution is 0.199. The average molecular weight is 146 g/mol. The molecule has 1 atom stereocenters. The van der Waals surface area contributed by atoms with E-state index in [0.717, 1.165) is 23.7 Å². The molecule has 9 heavy (non-hydrogen) atoms. The topological polar surface area (TPSA) is 9.23 Å². The Bertz CT molecular complexity index is 77.0. The molecule has 1 rings (SSSR count). The zero-order valence-corrected chi connectivity index (χ0v) is 6.91. The van der Waals surface area contributed by atoms with Crippen molar-refractivity contribution >= 4 is 11.8 Å². The van der Waals surface area contributed by atoms with Crippen molar-refractivity contribution in [1.29, 1.82) is 0 Å². The predicted molar refractivity (Wildman–Crippen MR) is 42.0 cm³/mol. The van der Waals surface area contributed by atoms with Crippen LogP contribution in [0.3, 0.4) is 0 Å². The number of ether oxygens (including phenoxy) is 1. The number of hydrogen-bond acceptors (Lipinski definition) is 2. The van der Waals surface area contributed by atoms with Crippen molar-refractivity contribution in [2.45, 2.75) is 30.8 Å². The maximum Gasteiger partial charge on any atom is 0.0585 e. The first-order valence-electron chi connectivity index (χ1n) is 3.52. The van der Waals surface area contributed by atoms with Gasteiger partial charge < -0.3 is 4.74 Å². The highest BCUT2D eigenvalue weighted by molar-refractivity contribution is 8.00. The van der Waals surface area contributed by atoms with Crippen LogP contribution < -0.4 is 0 Å². The fourth-order valence-electron chi connectivity index (χ4n) is 1.01. The maximum absolute atomic E-state index is 5.24. The molecular weight excluding hydrogens is 132 g/mol. The highest BCUT2D eigenvalue weighted by Crippen LogP contribution is 2.23. The summed E-state index contributed by atoms with van der Waals surface area (Å²) in [7, 11) is 0. The second kappa shape index (κ2) is 3.47. The van der Waals surface area contributed by atoms with Crippen molar-refractivity contribution in [2.75, 3.05) is 13.2 Å². The van der Waals surface area contributed by atoms with Crippen LogP contribution in [0.15, 0.2) is 0 Å². The molecular formula is C7H14OS. The summed E-state index contributed by atoms with van der Waals surface area (Å²) in [4.78, 5) is 0. The minimum absolute atomic E-state index is 0.761. The van der Waals surface area contributed by atoms with Gasteiger partial charge in [-0.1, -0.05) is 13.8 Å². The van der Waals surface area contributed by atoms with Crippen LogP contribution in [0.4, 0.5) is 0 Å². The van der Waals surface area contributed by atoms with Gasteiger partial charge >= 0.3 is 0 Å². The zero-order valence-electron chi connectivity index (χ0n) is 6.09. The molecule has 0 amide bonds. The van der Waals surface area contributed by atoms with E-state index in [1.807, 2.05) is 11.8 Å². The van der Waals surface area contributed by atoms with E-state index >= 15 is 0 Å². The summed E-state index contributed by atoms with van der Waals surface area (Å²) < 4.78 is 5.24. The van der Waals surface area contributed by atoms with Gasteiger partial charge in [-0.15, -0.1) is 0 Å².